The van der Waals surface area contributed by atoms with Gasteiger partial charge in [-0.2, -0.15) is 0 Å². The number of rotatable bonds is 6. The average Bonchev–Trinajstić information content (AvgIpc) is 2.68. The lowest BCUT2D eigenvalue weighted by molar-refractivity contribution is -0.116. The van der Waals surface area contributed by atoms with Gasteiger partial charge in [-0.25, -0.2) is 4.98 Å². The molecule has 0 bridgehead atoms. The summed E-state index contributed by atoms with van der Waals surface area (Å²) < 4.78 is 11.8. The standard InChI is InChI=1S/C19H18ClN3O4/c1-26-16-10-15(17(27-2)9-13(16)20)22-18(24)7-8-23-11-21-14-6-4-3-5-12(14)19(23)25/h3-6,9-11H,7-8H2,1-2H3,(H,22,24). The number of anilines is 1. The summed E-state index contributed by atoms with van der Waals surface area (Å²) in [5, 5.41) is 3.65. The van der Waals surface area contributed by atoms with Crippen LogP contribution in [0.3, 0.4) is 0 Å². The number of methoxy groups -OCH3 is 2. The van der Waals surface area contributed by atoms with Crippen molar-refractivity contribution in [3.63, 3.8) is 0 Å². The maximum atomic E-state index is 12.5. The van der Waals surface area contributed by atoms with Crippen LogP contribution in [0.15, 0.2) is 47.5 Å². The fourth-order valence-corrected chi connectivity index (χ4v) is 2.89. The number of nitrogens with zero attached hydrogens (tertiary/aromatic N) is 2. The number of amides is 1. The van der Waals surface area contributed by atoms with Gasteiger partial charge in [-0.05, 0) is 12.1 Å². The van der Waals surface area contributed by atoms with Crippen LogP contribution in [-0.4, -0.2) is 29.7 Å². The number of carbonyl (C=O) groups excluding carboxylic acids is 1. The number of halogens is 1. The lowest BCUT2D eigenvalue weighted by Crippen LogP contribution is -2.23. The molecule has 140 valence electrons. The molecule has 3 aromatic rings. The van der Waals surface area contributed by atoms with Crippen molar-refractivity contribution in [3.8, 4) is 11.5 Å². The molecule has 3 rings (SSSR count). The Hall–Kier alpha value is -3.06. The molecular weight excluding hydrogens is 370 g/mol. The highest BCUT2D eigenvalue weighted by molar-refractivity contribution is 6.32. The normalized spacial score (nSPS) is 10.6. The van der Waals surface area contributed by atoms with E-state index in [1.54, 1.807) is 30.3 Å². The van der Waals surface area contributed by atoms with E-state index in [9.17, 15) is 9.59 Å². The number of aryl methyl sites for hydroxylation is 1. The first-order chi connectivity index (χ1) is 13.0. The van der Waals surface area contributed by atoms with Gasteiger partial charge in [-0.3, -0.25) is 14.2 Å². The molecule has 1 amide bonds. The summed E-state index contributed by atoms with van der Waals surface area (Å²) in [6.45, 7) is 0.204. The largest absolute Gasteiger partial charge is 0.495 e. The number of aromatic nitrogens is 2. The minimum absolute atomic E-state index is 0.0913. The van der Waals surface area contributed by atoms with E-state index < -0.39 is 0 Å². The van der Waals surface area contributed by atoms with Crippen LogP contribution >= 0.6 is 11.6 Å². The highest BCUT2D eigenvalue weighted by atomic mass is 35.5. The molecule has 27 heavy (non-hydrogen) atoms. The van der Waals surface area contributed by atoms with Crippen molar-refractivity contribution in [2.75, 3.05) is 19.5 Å². The van der Waals surface area contributed by atoms with Crippen molar-refractivity contribution in [1.29, 1.82) is 0 Å². The van der Waals surface area contributed by atoms with Crippen LogP contribution in [0.5, 0.6) is 11.5 Å². The molecule has 8 heteroatoms. The molecule has 7 nitrogen and oxygen atoms in total. The van der Waals surface area contributed by atoms with Crippen LogP contribution in [0.2, 0.25) is 5.02 Å². The molecule has 2 aromatic carbocycles. The number of carbonyl (C=O) groups is 1. The number of ether oxygens (including phenoxy) is 2. The van der Waals surface area contributed by atoms with Crippen LogP contribution in [0.1, 0.15) is 6.42 Å². The first-order valence-corrected chi connectivity index (χ1v) is 8.57. The van der Waals surface area contributed by atoms with Gasteiger partial charge >= 0.3 is 0 Å². The maximum Gasteiger partial charge on any atom is 0.261 e. The SMILES string of the molecule is COc1cc(NC(=O)CCn2cnc3ccccc3c2=O)c(OC)cc1Cl. The van der Waals surface area contributed by atoms with E-state index in [1.807, 2.05) is 6.07 Å². The molecule has 1 N–H and O–H groups in total. The minimum Gasteiger partial charge on any atom is -0.495 e. The predicted octanol–water partition coefficient (Wildman–Crippen LogP) is 3.10. The Balaban J connectivity index is 1.74. The van der Waals surface area contributed by atoms with Crippen LogP contribution in [0.4, 0.5) is 5.69 Å². The summed E-state index contributed by atoms with van der Waals surface area (Å²) >= 11 is 6.06. The second kappa shape index (κ2) is 8.09. The fraction of sp³-hybridized carbons (Fsp3) is 0.211. The smallest absolute Gasteiger partial charge is 0.261 e. The van der Waals surface area contributed by atoms with Crippen molar-refractivity contribution in [1.82, 2.24) is 9.55 Å². The van der Waals surface area contributed by atoms with E-state index in [1.165, 1.54) is 25.1 Å². The van der Waals surface area contributed by atoms with Gasteiger partial charge in [0, 0.05) is 25.1 Å². The van der Waals surface area contributed by atoms with Crippen molar-refractivity contribution in [2.24, 2.45) is 0 Å². The third-order valence-electron chi connectivity index (χ3n) is 4.06. The zero-order valence-electron chi connectivity index (χ0n) is 14.9. The molecule has 0 aliphatic carbocycles. The number of hydrogen-bond acceptors (Lipinski definition) is 5. The lowest BCUT2D eigenvalue weighted by atomic mass is 10.2. The van der Waals surface area contributed by atoms with Gasteiger partial charge in [0.15, 0.2) is 0 Å². The maximum absolute atomic E-state index is 12.5. The molecule has 0 aliphatic rings. The summed E-state index contributed by atoms with van der Waals surface area (Å²) in [6.07, 6.45) is 1.54. The molecule has 1 heterocycles. The predicted molar refractivity (Wildman–Crippen MR) is 104 cm³/mol. The Morgan fingerprint density at radius 2 is 1.93 bits per heavy atom. The molecule has 0 fully saturated rings. The van der Waals surface area contributed by atoms with Crippen molar-refractivity contribution >= 4 is 34.1 Å². The van der Waals surface area contributed by atoms with Crippen LogP contribution in [0.25, 0.3) is 10.9 Å². The Morgan fingerprint density at radius 3 is 2.67 bits per heavy atom. The van der Waals surface area contributed by atoms with Gasteiger partial charge < -0.3 is 14.8 Å². The molecular formula is C19H18ClN3O4. The van der Waals surface area contributed by atoms with Gasteiger partial charge in [0.25, 0.3) is 5.56 Å². The minimum atomic E-state index is -0.280. The fourth-order valence-electron chi connectivity index (χ4n) is 2.66. The number of para-hydroxylation sites is 1. The van der Waals surface area contributed by atoms with Gasteiger partial charge in [0.1, 0.15) is 11.5 Å². The quantitative estimate of drug-likeness (QED) is 0.702. The monoisotopic (exact) mass is 387 g/mol. The first kappa shape index (κ1) is 18.7. The summed E-state index contributed by atoms with van der Waals surface area (Å²) in [5.41, 5.74) is 0.882. The van der Waals surface area contributed by atoms with Gasteiger partial charge in [0.05, 0.1) is 42.2 Å². The molecule has 0 aliphatic heterocycles. The van der Waals surface area contributed by atoms with Gasteiger partial charge in [-0.15, -0.1) is 0 Å². The van der Waals surface area contributed by atoms with E-state index in [4.69, 9.17) is 21.1 Å². The third-order valence-corrected chi connectivity index (χ3v) is 4.35. The summed E-state index contributed by atoms with van der Waals surface area (Å²) in [5.74, 6) is 0.555. The van der Waals surface area contributed by atoms with Crippen molar-refractivity contribution in [2.45, 2.75) is 13.0 Å². The van der Waals surface area contributed by atoms with Crippen LogP contribution in [-0.2, 0) is 11.3 Å². The van der Waals surface area contributed by atoms with E-state index in [0.29, 0.717) is 33.1 Å². The summed E-state index contributed by atoms with van der Waals surface area (Å²) in [4.78, 5) is 29.0. The Labute approximate surface area is 160 Å². The molecule has 0 spiro atoms. The average molecular weight is 388 g/mol. The van der Waals surface area contributed by atoms with E-state index in [0.717, 1.165) is 0 Å². The molecule has 0 saturated carbocycles. The number of fused-ring (bicyclic) bond motifs is 1. The molecule has 0 unspecified atom stereocenters. The summed E-state index contributed by atoms with van der Waals surface area (Å²) in [7, 11) is 2.96. The second-order valence-corrected chi connectivity index (χ2v) is 6.15. The Morgan fingerprint density at radius 1 is 1.19 bits per heavy atom. The summed E-state index contributed by atoms with van der Waals surface area (Å²) in [6, 6.07) is 10.2. The molecule has 0 radical (unpaired) electrons. The van der Waals surface area contributed by atoms with E-state index >= 15 is 0 Å². The topological polar surface area (TPSA) is 82.5 Å². The Bertz CT molecular complexity index is 1050. The van der Waals surface area contributed by atoms with E-state index in [-0.39, 0.29) is 24.4 Å². The zero-order valence-corrected chi connectivity index (χ0v) is 15.6. The first-order valence-electron chi connectivity index (χ1n) is 8.19. The molecule has 0 atom stereocenters. The molecule has 1 aromatic heterocycles. The van der Waals surface area contributed by atoms with Crippen LogP contribution in [0, 0.1) is 0 Å². The number of hydrogen-bond donors (Lipinski definition) is 1. The number of nitrogens with one attached hydrogen (secondary N) is 1. The van der Waals surface area contributed by atoms with Crippen molar-refractivity contribution < 1.29 is 14.3 Å². The lowest BCUT2D eigenvalue weighted by Gasteiger charge is -2.13. The zero-order chi connectivity index (χ0) is 19.4. The van der Waals surface area contributed by atoms with Crippen molar-refractivity contribution in [3.05, 3.63) is 58.1 Å². The molecule has 0 saturated heterocycles. The van der Waals surface area contributed by atoms with Gasteiger partial charge in [-0.1, -0.05) is 23.7 Å². The third kappa shape index (κ3) is 4.03. The van der Waals surface area contributed by atoms with E-state index in [2.05, 4.69) is 10.3 Å². The number of benzene rings is 2. The Kier molecular flexibility index (Phi) is 5.61. The second-order valence-electron chi connectivity index (χ2n) is 5.75. The van der Waals surface area contributed by atoms with Crippen LogP contribution < -0.4 is 20.3 Å². The highest BCUT2D eigenvalue weighted by Crippen LogP contribution is 2.35. The highest BCUT2D eigenvalue weighted by Gasteiger charge is 2.13. The van der Waals surface area contributed by atoms with Gasteiger partial charge in [0.2, 0.25) is 5.91 Å².